The molecule has 3 heterocycles. The van der Waals surface area contributed by atoms with Crippen molar-refractivity contribution in [3.8, 4) is 17.7 Å². The Morgan fingerprint density at radius 3 is 2.69 bits per heavy atom. The van der Waals surface area contributed by atoms with Crippen molar-refractivity contribution >= 4 is 11.8 Å². The van der Waals surface area contributed by atoms with Crippen LogP contribution in [-0.4, -0.2) is 94.5 Å². The molecule has 3 rings (SSSR count). The molecule has 2 amide bonds. The number of hydrogen-bond acceptors (Lipinski definition) is 7. The average molecular weight is 488 g/mol. The lowest BCUT2D eigenvalue weighted by Gasteiger charge is -2.38. The number of hydrogen-bond donors (Lipinski definition) is 2. The van der Waals surface area contributed by atoms with Crippen molar-refractivity contribution in [3.05, 3.63) is 23.4 Å². The largest absolute Gasteiger partial charge is 0.472 e. The van der Waals surface area contributed by atoms with Crippen LogP contribution in [0.4, 0.5) is 0 Å². The van der Waals surface area contributed by atoms with Crippen LogP contribution in [0, 0.1) is 23.7 Å². The minimum absolute atomic E-state index is 0.0626. The molecule has 1 aromatic heterocycles. The van der Waals surface area contributed by atoms with Crippen molar-refractivity contribution in [2.75, 3.05) is 40.0 Å². The van der Waals surface area contributed by atoms with E-state index in [0.29, 0.717) is 44.7 Å². The molecular weight excluding hydrogens is 450 g/mol. The van der Waals surface area contributed by atoms with E-state index in [-0.39, 0.29) is 41.7 Å². The molecule has 192 valence electrons. The Labute approximate surface area is 207 Å². The SMILES string of the molecule is C[C@H]1CN([C@@H](C)CO)C(=O)c2cc(C#CC(C)(C)O)cnc2O[C@@H]1CN(C)C(=O)C1CCOCC1. The third-order valence-electron chi connectivity index (χ3n) is 6.43. The minimum atomic E-state index is -1.19. The van der Waals surface area contributed by atoms with Crippen molar-refractivity contribution in [2.24, 2.45) is 11.8 Å². The molecule has 0 spiro atoms. The fourth-order valence-electron chi connectivity index (χ4n) is 4.23. The van der Waals surface area contributed by atoms with Gasteiger partial charge in [0, 0.05) is 50.4 Å². The average Bonchev–Trinajstić information content (AvgIpc) is 2.84. The Balaban J connectivity index is 1.91. The number of carbonyl (C=O) groups excluding carboxylic acids is 2. The highest BCUT2D eigenvalue weighted by Gasteiger charge is 2.35. The van der Waals surface area contributed by atoms with Gasteiger partial charge in [-0.3, -0.25) is 9.59 Å². The summed E-state index contributed by atoms with van der Waals surface area (Å²) in [5.74, 6) is 5.32. The van der Waals surface area contributed by atoms with Crippen LogP contribution in [0.15, 0.2) is 12.3 Å². The maximum atomic E-state index is 13.5. The van der Waals surface area contributed by atoms with E-state index in [9.17, 15) is 19.8 Å². The number of carbonyl (C=O) groups is 2. The lowest BCUT2D eigenvalue weighted by molar-refractivity contribution is -0.138. The zero-order chi connectivity index (χ0) is 25.8. The van der Waals surface area contributed by atoms with Gasteiger partial charge in [0.2, 0.25) is 11.8 Å². The molecule has 0 bridgehead atoms. The van der Waals surface area contributed by atoms with Gasteiger partial charge in [0.15, 0.2) is 0 Å². The number of pyridine rings is 1. The highest BCUT2D eigenvalue weighted by Crippen LogP contribution is 2.28. The first kappa shape index (κ1) is 26.9. The number of amides is 2. The minimum Gasteiger partial charge on any atom is -0.472 e. The van der Waals surface area contributed by atoms with Gasteiger partial charge in [0.05, 0.1) is 19.2 Å². The maximum Gasteiger partial charge on any atom is 0.259 e. The molecule has 2 aliphatic rings. The van der Waals surface area contributed by atoms with Crippen molar-refractivity contribution in [2.45, 2.75) is 58.3 Å². The van der Waals surface area contributed by atoms with E-state index in [4.69, 9.17) is 9.47 Å². The molecule has 1 fully saturated rings. The highest BCUT2D eigenvalue weighted by atomic mass is 16.5. The third-order valence-corrected chi connectivity index (χ3v) is 6.43. The van der Waals surface area contributed by atoms with Gasteiger partial charge in [-0.05, 0) is 39.7 Å². The van der Waals surface area contributed by atoms with E-state index < -0.39 is 17.7 Å². The summed E-state index contributed by atoms with van der Waals surface area (Å²) in [5.41, 5.74) is -0.482. The monoisotopic (exact) mass is 487 g/mol. The van der Waals surface area contributed by atoms with Crippen molar-refractivity contribution in [1.82, 2.24) is 14.8 Å². The second kappa shape index (κ2) is 11.4. The molecule has 35 heavy (non-hydrogen) atoms. The van der Waals surface area contributed by atoms with Gasteiger partial charge in [-0.2, -0.15) is 0 Å². The van der Waals surface area contributed by atoms with Crippen molar-refractivity contribution in [1.29, 1.82) is 0 Å². The van der Waals surface area contributed by atoms with Crippen molar-refractivity contribution in [3.63, 3.8) is 0 Å². The number of nitrogens with zero attached hydrogens (tertiary/aromatic N) is 3. The predicted molar refractivity (Wildman–Crippen MR) is 130 cm³/mol. The summed E-state index contributed by atoms with van der Waals surface area (Å²) in [5, 5.41) is 19.7. The normalized spacial score (nSPS) is 22.1. The molecule has 1 aromatic rings. The summed E-state index contributed by atoms with van der Waals surface area (Å²) in [6, 6.07) is 1.19. The summed E-state index contributed by atoms with van der Waals surface area (Å²) >= 11 is 0. The van der Waals surface area contributed by atoms with Crippen LogP contribution < -0.4 is 4.74 Å². The van der Waals surface area contributed by atoms with Gasteiger partial charge in [0.25, 0.3) is 5.91 Å². The highest BCUT2D eigenvalue weighted by molar-refractivity contribution is 5.97. The quantitative estimate of drug-likeness (QED) is 0.602. The van der Waals surface area contributed by atoms with E-state index in [2.05, 4.69) is 16.8 Å². The summed E-state index contributed by atoms with van der Waals surface area (Å²) in [6.45, 7) is 8.59. The van der Waals surface area contributed by atoms with Crippen LogP contribution in [-0.2, 0) is 9.53 Å². The number of likely N-dealkylation sites (N-methyl/N-ethyl adjacent to an activating group) is 1. The molecular formula is C26H37N3O6. The first-order valence-electron chi connectivity index (χ1n) is 12.2. The lowest BCUT2D eigenvalue weighted by Crippen LogP contribution is -2.51. The fraction of sp³-hybridized carbons (Fsp3) is 0.654. The second-order valence-corrected chi connectivity index (χ2v) is 10.1. The molecule has 2 N–H and O–H groups in total. The Morgan fingerprint density at radius 1 is 1.37 bits per heavy atom. The summed E-state index contributed by atoms with van der Waals surface area (Å²) < 4.78 is 11.6. The van der Waals surface area contributed by atoms with E-state index >= 15 is 0 Å². The van der Waals surface area contributed by atoms with Gasteiger partial charge in [0.1, 0.15) is 17.3 Å². The maximum absolute atomic E-state index is 13.5. The molecule has 0 unspecified atom stereocenters. The number of ether oxygens (including phenoxy) is 2. The molecule has 9 nitrogen and oxygen atoms in total. The molecule has 3 atom stereocenters. The predicted octanol–water partition coefficient (Wildman–Crippen LogP) is 1.31. The van der Waals surface area contributed by atoms with E-state index in [1.807, 2.05) is 6.92 Å². The molecule has 0 aromatic carbocycles. The smallest absolute Gasteiger partial charge is 0.259 e. The van der Waals surface area contributed by atoms with Crippen molar-refractivity contribution < 1.29 is 29.3 Å². The molecule has 0 aliphatic carbocycles. The number of rotatable bonds is 5. The Bertz CT molecular complexity index is 974. The van der Waals surface area contributed by atoms with Gasteiger partial charge in [-0.15, -0.1) is 0 Å². The first-order chi connectivity index (χ1) is 16.5. The molecule has 2 aliphatic heterocycles. The van der Waals surface area contributed by atoms with Crippen LogP contribution in [0.3, 0.4) is 0 Å². The molecule has 0 radical (unpaired) electrons. The van der Waals surface area contributed by atoms with Gasteiger partial charge >= 0.3 is 0 Å². The number of fused-ring (bicyclic) bond motifs is 1. The van der Waals surface area contributed by atoms with Crippen LogP contribution >= 0.6 is 0 Å². The first-order valence-corrected chi connectivity index (χ1v) is 12.2. The standard InChI is InChI=1S/C26H37N3O6/c1-17-14-29(18(2)16-30)25(32)21-12-19(6-9-26(3,4)33)13-27-23(21)35-22(17)15-28(5)24(31)20-7-10-34-11-8-20/h12-13,17-18,20,22,30,33H,7-8,10-11,14-16H2,1-5H3/t17-,18-,22+/m0/s1. The fourth-order valence-corrected chi connectivity index (χ4v) is 4.23. The van der Waals surface area contributed by atoms with Crippen LogP contribution in [0.1, 0.15) is 56.5 Å². The molecule has 0 saturated carbocycles. The zero-order valence-electron chi connectivity index (χ0n) is 21.3. The molecule has 9 heteroatoms. The number of aromatic nitrogens is 1. The summed E-state index contributed by atoms with van der Waals surface area (Å²) in [7, 11) is 1.77. The number of aliphatic hydroxyl groups excluding tert-OH is 1. The Kier molecular flexibility index (Phi) is 8.75. The second-order valence-electron chi connectivity index (χ2n) is 10.1. The molecule has 1 saturated heterocycles. The number of aliphatic hydroxyl groups is 2. The summed E-state index contributed by atoms with van der Waals surface area (Å²) in [6.07, 6.45) is 2.51. The van der Waals surface area contributed by atoms with E-state index in [1.165, 1.54) is 6.20 Å². The lowest BCUT2D eigenvalue weighted by atomic mass is 9.97. The third kappa shape index (κ3) is 6.94. The Morgan fingerprint density at radius 2 is 2.06 bits per heavy atom. The van der Waals surface area contributed by atoms with E-state index in [1.54, 1.807) is 43.7 Å². The van der Waals surface area contributed by atoms with Gasteiger partial charge in [-0.1, -0.05) is 18.8 Å². The zero-order valence-corrected chi connectivity index (χ0v) is 21.3. The van der Waals surface area contributed by atoms with Crippen LogP contribution in [0.2, 0.25) is 0 Å². The Hall–Kier alpha value is -2.67. The van der Waals surface area contributed by atoms with Crippen LogP contribution in [0.25, 0.3) is 0 Å². The van der Waals surface area contributed by atoms with E-state index in [0.717, 1.165) is 0 Å². The summed E-state index contributed by atoms with van der Waals surface area (Å²) in [4.78, 5) is 34.2. The topological polar surface area (TPSA) is 112 Å². The van der Waals surface area contributed by atoms with Crippen LogP contribution in [0.5, 0.6) is 5.88 Å². The van der Waals surface area contributed by atoms with Gasteiger partial charge in [-0.25, -0.2) is 4.98 Å². The van der Waals surface area contributed by atoms with Gasteiger partial charge < -0.3 is 29.5 Å².